The smallest absolute Gasteiger partial charge is 0.191 e. The van der Waals surface area contributed by atoms with Gasteiger partial charge in [0.05, 0.1) is 0 Å². The van der Waals surface area contributed by atoms with Crippen molar-refractivity contribution >= 4 is 29.9 Å². The Bertz CT molecular complexity index is 583. The molecular weight excluding hydrogens is 425 g/mol. The first kappa shape index (κ1) is 21.5. The van der Waals surface area contributed by atoms with E-state index in [1.54, 1.807) is 0 Å². The molecule has 0 aliphatic heterocycles. The average molecular weight is 455 g/mol. The van der Waals surface area contributed by atoms with Crippen molar-refractivity contribution in [3.8, 4) is 0 Å². The maximum Gasteiger partial charge on any atom is 0.191 e. The van der Waals surface area contributed by atoms with Crippen molar-refractivity contribution in [2.24, 2.45) is 4.99 Å². The highest BCUT2D eigenvalue weighted by molar-refractivity contribution is 14.0. The standard InChI is InChI=1S/C19H29N5.HI/c1-20-19(22-12-16-24-14-6-7-15-24)21-11-8-13-23(2)17-18-9-4-3-5-10-18;/h3-7,9-10,14-15H,8,11-13,16-17H2,1-2H3,(H2,20,21,22);1H. The van der Waals surface area contributed by atoms with E-state index in [0.717, 1.165) is 45.1 Å². The van der Waals surface area contributed by atoms with Crippen LogP contribution in [0, 0.1) is 0 Å². The third kappa shape index (κ3) is 8.92. The summed E-state index contributed by atoms with van der Waals surface area (Å²) in [5.41, 5.74) is 1.36. The Labute approximate surface area is 168 Å². The second-order valence-corrected chi connectivity index (χ2v) is 5.92. The third-order valence-electron chi connectivity index (χ3n) is 3.86. The molecule has 0 spiro atoms. The average Bonchev–Trinajstić information content (AvgIpc) is 3.11. The molecule has 6 heteroatoms. The van der Waals surface area contributed by atoms with Crippen molar-refractivity contribution in [1.82, 2.24) is 20.1 Å². The van der Waals surface area contributed by atoms with Gasteiger partial charge in [-0.2, -0.15) is 0 Å². The zero-order chi connectivity index (χ0) is 17.0. The van der Waals surface area contributed by atoms with E-state index >= 15 is 0 Å². The van der Waals surface area contributed by atoms with Gasteiger partial charge in [-0.25, -0.2) is 0 Å². The SMILES string of the molecule is CN=C(NCCCN(C)Cc1ccccc1)NCCn1cccc1.I. The largest absolute Gasteiger partial charge is 0.356 e. The van der Waals surface area contributed by atoms with Crippen LogP contribution in [0.4, 0.5) is 0 Å². The van der Waals surface area contributed by atoms with Crippen molar-refractivity contribution in [1.29, 1.82) is 0 Å². The maximum absolute atomic E-state index is 4.26. The summed E-state index contributed by atoms with van der Waals surface area (Å²) >= 11 is 0. The number of rotatable bonds is 9. The molecule has 0 aliphatic carbocycles. The number of nitrogens with zero attached hydrogens (tertiary/aromatic N) is 3. The lowest BCUT2D eigenvalue weighted by atomic mass is 10.2. The fraction of sp³-hybridized carbons (Fsp3) is 0.421. The van der Waals surface area contributed by atoms with E-state index in [1.165, 1.54) is 5.56 Å². The molecular formula is C19H30IN5. The summed E-state index contributed by atoms with van der Waals surface area (Å²) in [6.07, 6.45) is 5.22. The minimum Gasteiger partial charge on any atom is -0.356 e. The summed E-state index contributed by atoms with van der Waals surface area (Å²) in [6.45, 7) is 4.77. The van der Waals surface area contributed by atoms with Crippen LogP contribution in [0.25, 0.3) is 0 Å². The third-order valence-corrected chi connectivity index (χ3v) is 3.86. The molecule has 0 amide bonds. The van der Waals surface area contributed by atoms with Gasteiger partial charge in [-0.15, -0.1) is 24.0 Å². The lowest BCUT2D eigenvalue weighted by Crippen LogP contribution is -2.39. The fourth-order valence-electron chi connectivity index (χ4n) is 2.57. The van der Waals surface area contributed by atoms with Crippen LogP contribution >= 0.6 is 24.0 Å². The van der Waals surface area contributed by atoms with Crippen LogP contribution in [0.3, 0.4) is 0 Å². The molecule has 0 saturated carbocycles. The quantitative estimate of drug-likeness (QED) is 0.265. The first-order valence-corrected chi connectivity index (χ1v) is 8.55. The van der Waals surface area contributed by atoms with Gasteiger partial charge in [-0.3, -0.25) is 4.99 Å². The highest BCUT2D eigenvalue weighted by Gasteiger charge is 2.01. The van der Waals surface area contributed by atoms with Gasteiger partial charge in [0.15, 0.2) is 5.96 Å². The highest BCUT2D eigenvalue weighted by Crippen LogP contribution is 2.02. The zero-order valence-corrected chi connectivity index (χ0v) is 17.5. The van der Waals surface area contributed by atoms with Crippen molar-refractivity contribution < 1.29 is 0 Å². The Morgan fingerprint density at radius 3 is 2.40 bits per heavy atom. The first-order chi connectivity index (χ1) is 11.8. The molecule has 0 saturated heterocycles. The van der Waals surface area contributed by atoms with Crippen LogP contribution in [0.15, 0.2) is 59.9 Å². The molecule has 1 aromatic heterocycles. The number of aliphatic imine (C=N–C) groups is 1. The fourth-order valence-corrected chi connectivity index (χ4v) is 2.57. The van der Waals surface area contributed by atoms with Crippen LogP contribution in [-0.2, 0) is 13.1 Å². The lowest BCUT2D eigenvalue weighted by Gasteiger charge is -2.17. The summed E-state index contributed by atoms with van der Waals surface area (Å²) in [7, 11) is 3.98. The summed E-state index contributed by atoms with van der Waals surface area (Å²) in [6, 6.07) is 14.7. The molecule has 2 rings (SSSR count). The second kappa shape index (κ2) is 12.8. The van der Waals surface area contributed by atoms with E-state index in [9.17, 15) is 0 Å². The van der Waals surface area contributed by atoms with E-state index in [4.69, 9.17) is 0 Å². The normalized spacial score (nSPS) is 11.2. The van der Waals surface area contributed by atoms with Crippen LogP contribution in [-0.4, -0.2) is 49.2 Å². The molecule has 0 aliphatic rings. The molecule has 0 bridgehead atoms. The van der Waals surface area contributed by atoms with Crippen LogP contribution in [0.2, 0.25) is 0 Å². The topological polar surface area (TPSA) is 44.6 Å². The van der Waals surface area contributed by atoms with Gasteiger partial charge in [0, 0.05) is 45.6 Å². The summed E-state index contributed by atoms with van der Waals surface area (Å²) in [5.74, 6) is 0.868. The Balaban J connectivity index is 0.00000312. The maximum atomic E-state index is 4.26. The highest BCUT2D eigenvalue weighted by atomic mass is 127. The predicted octanol–water partition coefficient (Wildman–Crippen LogP) is 2.79. The first-order valence-electron chi connectivity index (χ1n) is 8.55. The molecule has 0 radical (unpaired) electrons. The van der Waals surface area contributed by atoms with Gasteiger partial charge < -0.3 is 20.1 Å². The summed E-state index contributed by atoms with van der Waals surface area (Å²) in [4.78, 5) is 6.61. The molecule has 25 heavy (non-hydrogen) atoms. The molecule has 0 unspecified atom stereocenters. The minimum absolute atomic E-state index is 0. The molecule has 5 nitrogen and oxygen atoms in total. The number of nitrogens with one attached hydrogen (secondary N) is 2. The van der Waals surface area contributed by atoms with E-state index in [1.807, 2.05) is 19.2 Å². The van der Waals surface area contributed by atoms with Crippen molar-refractivity contribution in [2.45, 2.75) is 19.5 Å². The number of hydrogen-bond donors (Lipinski definition) is 2. The summed E-state index contributed by atoms with van der Waals surface area (Å²) in [5, 5.41) is 6.71. The van der Waals surface area contributed by atoms with Gasteiger partial charge in [0.1, 0.15) is 0 Å². The summed E-state index contributed by atoms with van der Waals surface area (Å²) < 4.78 is 2.15. The lowest BCUT2D eigenvalue weighted by molar-refractivity contribution is 0.322. The number of aromatic nitrogens is 1. The number of hydrogen-bond acceptors (Lipinski definition) is 2. The van der Waals surface area contributed by atoms with Gasteiger partial charge in [0.2, 0.25) is 0 Å². The molecule has 2 N–H and O–H groups in total. The number of guanidine groups is 1. The Kier molecular flexibility index (Phi) is 11.0. The van der Waals surface area contributed by atoms with E-state index in [0.29, 0.717) is 0 Å². The van der Waals surface area contributed by atoms with Crippen LogP contribution in [0.5, 0.6) is 0 Å². The van der Waals surface area contributed by atoms with Gasteiger partial charge in [-0.1, -0.05) is 30.3 Å². The molecule has 1 aromatic carbocycles. The molecule has 0 fully saturated rings. The second-order valence-electron chi connectivity index (χ2n) is 5.92. The van der Waals surface area contributed by atoms with Crippen molar-refractivity contribution in [3.63, 3.8) is 0 Å². The van der Waals surface area contributed by atoms with Crippen LogP contribution in [0.1, 0.15) is 12.0 Å². The zero-order valence-electron chi connectivity index (χ0n) is 15.2. The van der Waals surface area contributed by atoms with Gasteiger partial charge >= 0.3 is 0 Å². The molecule has 138 valence electrons. The molecule has 1 heterocycles. The molecule has 2 aromatic rings. The number of halogens is 1. The van der Waals surface area contributed by atoms with E-state index < -0.39 is 0 Å². The Morgan fingerprint density at radius 1 is 1.04 bits per heavy atom. The van der Waals surface area contributed by atoms with Crippen molar-refractivity contribution in [2.75, 3.05) is 33.7 Å². The van der Waals surface area contributed by atoms with Crippen molar-refractivity contribution in [3.05, 3.63) is 60.4 Å². The Morgan fingerprint density at radius 2 is 1.72 bits per heavy atom. The van der Waals surface area contributed by atoms with E-state index in [-0.39, 0.29) is 24.0 Å². The van der Waals surface area contributed by atoms with Gasteiger partial charge in [0.25, 0.3) is 0 Å². The monoisotopic (exact) mass is 455 g/mol. The van der Waals surface area contributed by atoms with Crippen LogP contribution < -0.4 is 10.6 Å². The van der Waals surface area contributed by atoms with Gasteiger partial charge in [-0.05, 0) is 37.7 Å². The Hall–Kier alpha value is -1.54. The minimum atomic E-state index is 0. The molecule has 0 atom stereocenters. The number of benzene rings is 1. The van der Waals surface area contributed by atoms with E-state index in [2.05, 4.69) is 74.9 Å². The predicted molar refractivity (Wildman–Crippen MR) is 117 cm³/mol.